The van der Waals surface area contributed by atoms with Gasteiger partial charge in [0.15, 0.2) is 0 Å². The van der Waals surface area contributed by atoms with Crippen molar-refractivity contribution >= 4 is 23.2 Å². The lowest BCUT2D eigenvalue weighted by Gasteiger charge is -2.27. The predicted molar refractivity (Wildman–Crippen MR) is 72.5 cm³/mol. The first-order valence-electron chi connectivity index (χ1n) is 6.08. The predicted octanol–water partition coefficient (Wildman–Crippen LogP) is 4.01. The minimum absolute atomic E-state index is 0.473. The molecule has 1 fully saturated rings. The normalized spacial score (nSPS) is 24.5. The van der Waals surface area contributed by atoms with E-state index in [9.17, 15) is 0 Å². The van der Waals surface area contributed by atoms with Crippen LogP contribution in [0.4, 0.5) is 0 Å². The molecule has 2 unspecified atom stereocenters. The van der Waals surface area contributed by atoms with E-state index in [-0.39, 0.29) is 0 Å². The Morgan fingerprint density at radius 2 is 1.94 bits per heavy atom. The van der Waals surface area contributed by atoms with Crippen LogP contribution in [0.25, 0.3) is 0 Å². The van der Waals surface area contributed by atoms with Crippen LogP contribution in [0, 0.1) is 5.92 Å². The fourth-order valence-corrected chi connectivity index (χ4v) is 3.30. The molecule has 0 aliphatic heterocycles. The lowest BCUT2D eigenvalue weighted by molar-refractivity contribution is 0.198. The van der Waals surface area contributed by atoms with E-state index in [0.717, 1.165) is 18.0 Å². The van der Waals surface area contributed by atoms with E-state index in [0.29, 0.717) is 16.3 Å². The second kappa shape index (κ2) is 5.55. The first-order valence-corrected chi connectivity index (χ1v) is 6.84. The molecule has 94 valence electrons. The SMILES string of the molecule is CC1CCCC1N(C)Cc1cc(Cl)nc(Cl)c1. The van der Waals surface area contributed by atoms with Crippen molar-refractivity contribution in [1.29, 1.82) is 0 Å². The third-order valence-corrected chi connectivity index (χ3v) is 4.02. The van der Waals surface area contributed by atoms with Crippen molar-refractivity contribution in [2.24, 2.45) is 5.92 Å². The van der Waals surface area contributed by atoms with Crippen LogP contribution < -0.4 is 0 Å². The van der Waals surface area contributed by atoms with Crippen LogP contribution in [0.1, 0.15) is 31.7 Å². The standard InChI is InChI=1S/C13H18Cl2N2/c1-9-4-3-5-11(9)17(2)8-10-6-12(14)16-13(15)7-10/h6-7,9,11H,3-5,8H2,1-2H3. The molecular weight excluding hydrogens is 255 g/mol. The minimum atomic E-state index is 0.473. The van der Waals surface area contributed by atoms with Gasteiger partial charge < -0.3 is 0 Å². The molecule has 0 N–H and O–H groups in total. The molecular formula is C13H18Cl2N2. The monoisotopic (exact) mass is 272 g/mol. The fraction of sp³-hybridized carbons (Fsp3) is 0.615. The Kier molecular flexibility index (Phi) is 4.29. The van der Waals surface area contributed by atoms with Crippen molar-refractivity contribution in [3.63, 3.8) is 0 Å². The van der Waals surface area contributed by atoms with Gasteiger partial charge in [-0.25, -0.2) is 4.98 Å². The molecule has 17 heavy (non-hydrogen) atoms. The molecule has 0 saturated heterocycles. The van der Waals surface area contributed by atoms with Gasteiger partial charge in [-0.05, 0) is 43.5 Å². The summed E-state index contributed by atoms with van der Waals surface area (Å²) in [5.74, 6) is 0.785. The average molecular weight is 273 g/mol. The summed E-state index contributed by atoms with van der Waals surface area (Å²) in [6.45, 7) is 3.22. The van der Waals surface area contributed by atoms with Gasteiger partial charge in [-0.2, -0.15) is 0 Å². The topological polar surface area (TPSA) is 16.1 Å². The fourth-order valence-electron chi connectivity index (χ4n) is 2.79. The Bertz CT molecular complexity index is 375. The number of nitrogens with zero attached hydrogens (tertiary/aromatic N) is 2. The summed E-state index contributed by atoms with van der Waals surface area (Å²) in [6, 6.07) is 4.47. The lowest BCUT2D eigenvalue weighted by atomic mass is 10.0. The highest BCUT2D eigenvalue weighted by molar-refractivity contribution is 6.32. The summed E-state index contributed by atoms with van der Waals surface area (Å²) in [6.07, 6.45) is 3.98. The molecule has 0 spiro atoms. The molecule has 2 atom stereocenters. The summed E-state index contributed by atoms with van der Waals surface area (Å²) >= 11 is 11.8. The lowest BCUT2D eigenvalue weighted by Crippen LogP contribution is -2.33. The van der Waals surface area contributed by atoms with Gasteiger partial charge in [-0.3, -0.25) is 4.90 Å². The molecule has 0 bridgehead atoms. The third-order valence-electron chi connectivity index (χ3n) is 3.64. The zero-order valence-electron chi connectivity index (χ0n) is 10.3. The molecule has 1 aromatic rings. The van der Waals surface area contributed by atoms with Crippen molar-refractivity contribution < 1.29 is 0 Å². The Labute approximate surface area is 113 Å². The minimum Gasteiger partial charge on any atom is -0.299 e. The third kappa shape index (κ3) is 3.34. The average Bonchev–Trinajstić information content (AvgIpc) is 2.62. The van der Waals surface area contributed by atoms with Gasteiger partial charge in [0.2, 0.25) is 0 Å². The van der Waals surface area contributed by atoms with Crippen LogP contribution in [-0.4, -0.2) is 23.0 Å². The number of pyridine rings is 1. The summed E-state index contributed by atoms with van der Waals surface area (Å²) in [7, 11) is 2.18. The molecule has 1 heterocycles. The van der Waals surface area contributed by atoms with E-state index in [1.54, 1.807) is 0 Å². The zero-order chi connectivity index (χ0) is 12.4. The molecule has 1 aromatic heterocycles. The number of rotatable bonds is 3. The number of hydrogen-bond donors (Lipinski definition) is 0. The van der Waals surface area contributed by atoms with Gasteiger partial charge in [-0.1, -0.05) is 36.5 Å². The zero-order valence-corrected chi connectivity index (χ0v) is 11.8. The summed E-state index contributed by atoms with van der Waals surface area (Å²) < 4.78 is 0. The van der Waals surface area contributed by atoms with Gasteiger partial charge >= 0.3 is 0 Å². The number of hydrogen-bond acceptors (Lipinski definition) is 2. The summed E-state index contributed by atoms with van der Waals surface area (Å²) in [5.41, 5.74) is 1.14. The van der Waals surface area contributed by atoms with Crippen molar-refractivity contribution in [2.45, 2.75) is 38.8 Å². The van der Waals surface area contributed by atoms with E-state index in [4.69, 9.17) is 23.2 Å². The molecule has 2 rings (SSSR count). The van der Waals surface area contributed by atoms with E-state index in [1.807, 2.05) is 12.1 Å². The first-order chi connectivity index (χ1) is 8.06. The second-order valence-corrected chi connectivity index (χ2v) is 5.79. The Hall–Kier alpha value is -0.310. The highest BCUT2D eigenvalue weighted by Gasteiger charge is 2.26. The molecule has 0 amide bonds. The smallest absolute Gasteiger partial charge is 0.131 e. The summed E-state index contributed by atoms with van der Waals surface area (Å²) in [4.78, 5) is 6.37. The first kappa shape index (κ1) is 13.1. The number of aromatic nitrogens is 1. The van der Waals surface area contributed by atoms with Crippen LogP contribution in [0.3, 0.4) is 0 Å². The van der Waals surface area contributed by atoms with Gasteiger partial charge in [0.05, 0.1) is 0 Å². The Balaban J connectivity index is 2.04. The van der Waals surface area contributed by atoms with Crippen molar-refractivity contribution in [1.82, 2.24) is 9.88 Å². The van der Waals surface area contributed by atoms with E-state index < -0.39 is 0 Å². The van der Waals surface area contributed by atoms with Crippen LogP contribution >= 0.6 is 23.2 Å². The largest absolute Gasteiger partial charge is 0.299 e. The van der Waals surface area contributed by atoms with Gasteiger partial charge in [0, 0.05) is 12.6 Å². The Morgan fingerprint density at radius 1 is 1.29 bits per heavy atom. The molecule has 4 heteroatoms. The van der Waals surface area contributed by atoms with E-state index >= 15 is 0 Å². The molecule has 1 aliphatic carbocycles. The molecule has 0 radical (unpaired) electrons. The molecule has 1 aliphatic rings. The van der Waals surface area contributed by atoms with Crippen molar-refractivity contribution in [2.75, 3.05) is 7.05 Å². The van der Waals surface area contributed by atoms with Gasteiger partial charge in [0.1, 0.15) is 10.3 Å². The van der Waals surface area contributed by atoms with Crippen LogP contribution in [-0.2, 0) is 6.54 Å². The number of halogens is 2. The van der Waals surface area contributed by atoms with Crippen LogP contribution in [0.15, 0.2) is 12.1 Å². The maximum Gasteiger partial charge on any atom is 0.131 e. The maximum absolute atomic E-state index is 5.91. The second-order valence-electron chi connectivity index (χ2n) is 5.01. The molecule has 0 aromatic carbocycles. The van der Waals surface area contributed by atoms with Crippen LogP contribution in [0.5, 0.6) is 0 Å². The quantitative estimate of drug-likeness (QED) is 0.773. The molecule has 1 saturated carbocycles. The Morgan fingerprint density at radius 3 is 2.47 bits per heavy atom. The van der Waals surface area contributed by atoms with Crippen molar-refractivity contribution in [3.8, 4) is 0 Å². The van der Waals surface area contributed by atoms with Gasteiger partial charge in [-0.15, -0.1) is 0 Å². The maximum atomic E-state index is 5.91. The highest BCUT2D eigenvalue weighted by Crippen LogP contribution is 2.29. The van der Waals surface area contributed by atoms with E-state index in [1.165, 1.54) is 19.3 Å². The highest BCUT2D eigenvalue weighted by atomic mass is 35.5. The van der Waals surface area contributed by atoms with Crippen LogP contribution in [0.2, 0.25) is 10.3 Å². The van der Waals surface area contributed by atoms with Crippen molar-refractivity contribution in [3.05, 3.63) is 28.0 Å². The van der Waals surface area contributed by atoms with E-state index in [2.05, 4.69) is 23.9 Å². The molecule has 2 nitrogen and oxygen atoms in total. The van der Waals surface area contributed by atoms with Gasteiger partial charge in [0.25, 0.3) is 0 Å². The summed E-state index contributed by atoms with van der Waals surface area (Å²) in [5, 5.41) is 0.945.